The second kappa shape index (κ2) is 3.57. The highest BCUT2D eigenvalue weighted by Crippen LogP contribution is 2.36. The number of aryl methyl sites for hydroxylation is 1. The highest BCUT2D eigenvalue weighted by atomic mass is 16.2. The molecule has 1 aromatic rings. The smallest absolute Gasteiger partial charge is 0.321 e. The van der Waals surface area contributed by atoms with Crippen molar-refractivity contribution in [3.05, 3.63) is 29.3 Å². The third-order valence-electron chi connectivity index (χ3n) is 2.92. The molecule has 3 heteroatoms. The van der Waals surface area contributed by atoms with E-state index >= 15 is 0 Å². The highest BCUT2D eigenvalue weighted by Gasteiger charge is 2.28. The number of nitrogens with one attached hydrogen (secondary N) is 1. The van der Waals surface area contributed by atoms with Crippen molar-refractivity contribution >= 4 is 11.7 Å². The molecule has 0 bridgehead atoms. The van der Waals surface area contributed by atoms with Crippen LogP contribution < -0.4 is 10.2 Å². The van der Waals surface area contributed by atoms with Gasteiger partial charge in [0.1, 0.15) is 0 Å². The average molecular weight is 204 g/mol. The summed E-state index contributed by atoms with van der Waals surface area (Å²) in [5.41, 5.74) is 3.57. The molecule has 0 saturated carbocycles. The lowest BCUT2D eigenvalue weighted by molar-refractivity contribution is 0.248. The summed E-state index contributed by atoms with van der Waals surface area (Å²) in [6, 6.07) is 6.23. The minimum absolute atomic E-state index is 0.0237. The molecular weight excluding hydrogens is 188 g/mol. The summed E-state index contributed by atoms with van der Waals surface area (Å²) in [6.07, 6.45) is 0. The normalized spacial score (nSPS) is 18.9. The van der Waals surface area contributed by atoms with Crippen LogP contribution in [0.1, 0.15) is 24.0 Å². The van der Waals surface area contributed by atoms with E-state index in [-0.39, 0.29) is 6.03 Å². The molecule has 1 aliphatic heterocycles. The Morgan fingerprint density at radius 2 is 2.27 bits per heavy atom. The van der Waals surface area contributed by atoms with E-state index < -0.39 is 0 Å². The number of rotatable bonds is 0. The van der Waals surface area contributed by atoms with Gasteiger partial charge in [0.2, 0.25) is 0 Å². The predicted molar refractivity (Wildman–Crippen MR) is 61.4 cm³/mol. The minimum Gasteiger partial charge on any atom is -0.341 e. The number of amides is 2. The molecule has 1 unspecified atom stereocenters. The fourth-order valence-corrected chi connectivity index (χ4v) is 2.11. The minimum atomic E-state index is -0.0237. The molecule has 2 amide bonds. The largest absolute Gasteiger partial charge is 0.341 e. The lowest BCUT2D eigenvalue weighted by Gasteiger charge is -2.16. The first kappa shape index (κ1) is 10.0. The van der Waals surface area contributed by atoms with Crippen LogP contribution in [0.25, 0.3) is 0 Å². The van der Waals surface area contributed by atoms with Crippen LogP contribution in [-0.2, 0) is 0 Å². The van der Waals surface area contributed by atoms with E-state index in [2.05, 4.69) is 25.2 Å². The quantitative estimate of drug-likeness (QED) is 0.690. The maximum atomic E-state index is 11.6. The van der Waals surface area contributed by atoms with E-state index in [0.29, 0.717) is 5.92 Å². The van der Waals surface area contributed by atoms with Gasteiger partial charge < -0.3 is 5.32 Å². The number of carbonyl (C=O) groups is 1. The Morgan fingerprint density at radius 3 is 2.93 bits per heavy atom. The molecule has 1 heterocycles. The van der Waals surface area contributed by atoms with E-state index in [1.165, 1.54) is 11.1 Å². The van der Waals surface area contributed by atoms with Gasteiger partial charge in [-0.05, 0) is 18.6 Å². The lowest BCUT2D eigenvalue weighted by atomic mass is 10.0. The number of anilines is 1. The summed E-state index contributed by atoms with van der Waals surface area (Å²) in [4.78, 5) is 13.4. The first-order valence-electron chi connectivity index (χ1n) is 5.23. The van der Waals surface area contributed by atoms with Crippen molar-refractivity contribution < 1.29 is 4.79 Å². The van der Waals surface area contributed by atoms with Gasteiger partial charge in [-0.25, -0.2) is 4.79 Å². The summed E-state index contributed by atoms with van der Waals surface area (Å²) in [7, 11) is 1.67. The molecule has 1 N–H and O–H groups in total. The topological polar surface area (TPSA) is 32.3 Å². The molecule has 0 aromatic heterocycles. The standard InChI is InChI=1S/C12H16N2O/c1-8-4-5-11-10(6-8)9(2)7-14(11)12(15)13-3/h4-6,9H,7H2,1-3H3,(H,13,15). The van der Waals surface area contributed by atoms with E-state index in [1.807, 2.05) is 12.1 Å². The maximum absolute atomic E-state index is 11.6. The van der Waals surface area contributed by atoms with Crippen LogP contribution in [0.4, 0.5) is 10.5 Å². The first-order chi connectivity index (χ1) is 7.13. The van der Waals surface area contributed by atoms with Crippen molar-refractivity contribution in [3.63, 3.8) is 0 Å². The monoisotopic (exact) mass is 204 g/mol. The molecular formula is C12H16N2O. The number of fused-ring (bicyclic) bond motifs is 1. The summed E-state index contributed by atoms with van der Waals surface area (Å²) in [6.45, 7) is 5.01. The SMILES string of the molecule is CNC(=O)N1CC(C)c2cc(C)ccc21. The van der Waals surface area contributed by atoms with Gasteiger partial charge in [0.25, 0.3) is 0 Å². The van der Waals surface area contributed by atoms with E-state index in [1.54, 1.807) is 11.9 Å². The number of urea groups is 1. The fraction of sp³-hybridized carbons (Fsp3) is 0.417. The third-order valence-corrected chi connectivity index (χ3v) is 2.92. The first-order valence-corrected chi connectivity index (χ1v) is 5.23. The number of hydrogen-bond donors (Lipinski definition) is 1. The van der Waals surface area contributed by atoms with Crippen molar-refractivity contribution in [2.45, 2.75) is 19.8 Å². The second-order valence-corrected chi connectivity index (χ2v) is 4.13. The van der Waals surface area contributed by atoms with E-state index in [4.69, 9.17) is 0 Å². The number of carbonyl (C=O) groups excluding carboxylic acids is 1. The summed E-state index contributed by atoms with van der Waals surface area (Å²) in [5, 5.41) is 2.67. The van der Waals surface area contributed by atoms with Gasteiger partial charge in [-0.3, -0.25) is 4.90 Å². The number of nitrogens with zero attached hydrogens (tertiary/aromatic N) is 1. The fourth-order valence-electron chi connectivity index (χ4n) is 2.11. The zero-order valence-electron chi connectivity index (χ0n) is 9.37. The van der Waals surface area contributed by atoms with Crippen LogP contribution in [0.3, 0.4) is 0 Å². The average Bonchev–Trinajstić information content (AvgIpc) is 2.55. The van der Waals surface area contributed by atoms with Gasteiger partial charge in [0.15, 0.2) is 0 Å². The van der Waals surface area contributed by atoms with Gasteiger partial charge in [-0.15, -0.1) is 0 Å². The summed E-state index contributed by atoms with van der Waals surface area (Å²) in [5.74, 6) is 0.428. The van der Waals surface area contributed by atoms with Crippen LogP contribution >= 0.6 is 0 Å². The van der Waals surface area contributed by atoms with Gasteiger partial charge >= 0.3 is 6.03 Å². The Bertz CT molecular complexity index is 401. The molecule has 1 atom stereocenters. The van der Waals surface area contributed by atoms with Crippen LogP contribution in [0.2, 0.25) is 0 Å². The van der Waals surface area contributed by atoms with Crippen molar-refractivity contribution in [1.29, 1.82) is 0 Å². The predicted octanol–water partition coefficient (Wildman–Crippen LogP) is 2.26. The Kier molecular flexibility index (Phi) is 2.39. The van der Waals surface area contributed by atoms with Crippen molar-refractivity contribution in [2.75, 3.05) is 18.5 Å². The van der Waals surface area contributed by atoms with Crippen molar-refractivity contribution in [2.24, 2.45) is 0 Å². The molecule has 2 rings (SSSR count). The van der Waals surface area contributed by atoms with E-state index in [0.717, 1.165) is 12.2 Å². The Morgan fingerprint density at radius 1 is 1.53 bits per heavy atom. The molecule has 0 spiro atoms. The summed E-state index contributed by atoms with van der Waals surface area (Å²) < 4.78 is 0. The molecule has 1 aliphatic rings. The lowest BCUT2D eigenvalue weighted by Crippen LogP contribution is -2.37. The Labute approximate surface area is 90.1 Å². The van der Waals surface area contributed by atoms with Gasteiger partial charge in [0.05, 0.1) is 0 Å². The molecule has 0 saturated heterocycles. The molecule has 1 aromatic carbocycles. The van der Waals surface area contributed by atoms with E-state index in [9.17, 15) is 4.79 Å². The molecule has 0 fully saturated rings. The summed E-state index contributed by atoms with van der Waals surface area (Å²) >= 11 is 0. The second-order valence-electron chi connectivity index (χ2n) is 4.13. The third kappa shape index (κ3) is 1.58. The molecule has 3 nitrogen and oxygen atoms in total. The zero-order chi connectivity index (χ0) is 11.0. The maximum Gasteiger partial charge on any atom is 0.321 e. The number of hydrogen-bond acceptors (Lipinski definition) is 1. The van der Waals surface area contributed by atoms with Gasteiger partial charge in [-0.1, -0.05) is 24.6 Å². The Balaban J connectivity index is 2.42. The molecule has 0 radical (unpaired) electrons. The molecule has 0 aliphatic carbocycles. The molecule has 15 heavy (non-hydrogen) atoms. The van der Waals surface area contributed by atoms with Crippen LogP contribution in [0, 0.1) is 6.92 Å². The van der Waals surface area contributed by atoms with Crippen LogP contribution in [-0.4, -0.2) is 19.6 Å². The van der Waals surface area contributed by atoms with Crippen LogP contribution in [0.5, 0.6) is 0 Å². The highest BCUT2D eigenvalue weighted by molar-refractivity contribution is 5.94. The van der Waals surface area contributed by atoms with Crippen LogP contribution in [0.15, 0.2) is 18.2 Å². The van der Waals surface area contributed by atoms with Gasteiger partial charge in [-0.2, -0.15) is 0 Å². The Hall–Kier alpha value is -1.51. The zero-order valence-corrected chi connectivity index (χ0v) is 9.37. The molecule has 80 valence electrons. The van der Waals surface area contributed by atoms with Crippen molar-refractivity contribution in [3.8, 4) is 0 Å². The number of benzene rings is 1. The van der Waals surface area contributed by atoms with Gasteiger partial charge in [0, 0.05) is 25.2 Å². The van der Waals surface area contributed by atoms with Crippen molar-refractivity contribution in [1.82, 2.24) is 5.32 Å².